The average molecular weight is 532 g/mol. The maximum absolute atomic E-state index is 13.7. The molecule has 6 rings (SSSR count). The third-order valence-corrected chi connectivity index (χ3v) is 7.94. The molecule has 0 N–H and O–H groups in total. The number of furan rings is 1. The smallest absolute Gasteiger partial charge is 0.278 e. The first-order valence-electron chi connectivity index (χ1n) is 10.9. The number of thioether (sulfide) groups is 1. The molecule has 0 aliphatic rings. The van der Waals surface area contributed by atoms with E-state index in [1.54, 1.807) is 29.2 Å². The van der Waals surface area contributed by atoms with Crippen molar-refractivity contribution in [1.29, 1.82) is 0 Å². The molecule has 0 aliphatic heterocycles. The Balaban J connectivity index is 1.48. The molecule has 6 aromatic rings. The molecule has 8 nitrogen and oxygen atoms in total. The van der Waals surface area contributed by atoms with Crippen molar-refractivity contribution in [3.05, 3.63) is 115 Å². The Kier molecular flexibility index (Phi) is 5.88. The molecule has 5 heterocycles. The van der Waals surface area contributed by atoms with Crippen molar-refractivity contribution in [1.82, 2.24) is 23.5 Å². The normalized spacial score (nSPS) is 11.4. The highest BCUT2D eigenvalue weighted by Gasteiger charge is 2.19. The van der Waals surface area contributed by atoms with E-state index >= 15 is 0 Å². The van der Waals surface area contributed by atoms with Gasteiger partial charge in [-0.2, -0.15) is 0 Å². The van der Waals surface area contributed by atoms with Gasteiger partial charge in [0.15, 0.2) is 14.8 Å². The van der Waals surface area contributed by atoms with E-state index in [0.717, 1.165) is 5.76 Å². The first kappa shape index (κ1) is 22.7. The fourth-order valence-corrected chi connectivity index (χ4v) is 6.05. The second kappa shape index (κ2) is 9.34. The van der Waals surface area contributed by atoms with Gasteiger partial charge >= 0.3 is 0 Å². The number of aromatic nitrogens is 5. The van der Waals surface area contributed by atoms with Crippen LogP contribution >= 0.6 is 35.3 Å². The van der Waals surface area contributed by atoms with E-state index in [1.165, 1.54) is 33.6 Å². The zero-order valence-corrected chi connectivity index (χ0v) is 21.1. The van der Waals surface area contributed by atoms with Gasteiger partial charge in [0.1, 0.15) is 16.1 Å². The topological polar surface area (TPSA) is 87.3 Å². The van der Waals surface area contributed by atoms with Crippen LogP contribution in [0.1, 0.15) is 11.5 Å². The Morgan fingerprint density at radius 2 is 1.83 bits per heavy atom. The van der Waals surface area contributed by atoms with Crippen LogP contribution in [0, 0.1) is 3.95 Å². The van der Waals surface area contributed by atoms with Crippen LogP contribution in [0.3, 0.4) is 0 Å². The van der Waals surface area contributed by atoms with Crippen LogP contribution in [-0.4, -0.2) is 23.5 Å². The molecule has 0 bridgehead atoms. The standard InChI is InChI=1S/C25H17N5O3S3/c31-20-13-16(26-19-10-4-5-11-28(19)20)15-35-24-27-22-21(23(32)30(24)17-7-2-1-3-8-17)36-25(34)29(22)14-18-9-6-12-33-18/h1-13H,14-15H2. The van der Waals surface area contributed by atoms with Gasteiger partial charge in [-0.15, -0.1) is 0 Å². The molecule has 0 spiro atoms. The van der Waals surface area contributed by atoms with Gasteiger partial charge < -0.3 is 4.42 Å². The van der Waals surface area contributed by atoms with Crippen LogP contribution < -0.4 is 11.1 Å². The van der Waals surface area contributed by atoms with Crippen molar-refractivity contribution in [3.8, 4) is 5.69 Å². The zero-order valence-electron chi connectivity index (χ0n) is 18.6. The van der Waals surface area contributed by atoms with E-state index in [2.05, 4.69) is 4.98 Å². The summed E-state index contributed by atoms with van der Waals surface area (Å²) in [6.07, 6.45) is 3.29. The fourth-order valence-electron chi connectivity index (χ4n) is 3.89. The lowest BCUT2D eigenvalue weighted by molar-refractivity contribution is 0.495. The molecule has 0 unspecified atom stereocenters. The lowest BCUT2D eigenvalue weighted by atomic mass is 10.3. The molecular formula is C25H17N5O3S3. The van der Waals surface area contributed by atoms with Gasteiger partial charge in [0.05, 0.1) is 24.2 Å². The van der Waals surface area contributed by atoms with Gasteiger partial charge in [0.2, 0.25) is 0 Å². The van der Waals surface area contributed by atoms with Gasteiger partial charge in [-0.05, 0) is 48.6 Å². The average Bonchev–Trinajstić information content (AvgIpc) is 3.52. The molecule has 11 heteroatoms. The Morgan fingerprint density at radius 3 is 2.64 bits per heavy atom. The number of nitrogens with zero attached hydrogens (tertiary/aromatic N) is 5. The Morgan fingerprint density at radius 1 is 1.00 bits per heavy atom. The van der Waals surface area contributed by atoms with Crippen molar-refractivity contribution in [2.24, 2.45) is 0 Å². The largest absolute Gasteiger partial charge is 0.467 e. The molecular weight excluding hydrogens is 515 g/mol. The van der Waals surface area contributed by atoms with E-state index in [9.17, 15) is 9.59 Å². The minimum absolute atomic E-state index is 0.162. The lowest BCUT2D eigenvalue weighted by Gasteiger charge is -2.12. The maximum Gasteiger partial charge on any atom is 0.278 e. The quantitative estimate of drug-likeness (QED) is 0.171. The second-order valence-electron chi connectivity index (χ2n) is 7.86. The van der Waals surface area contributed by atoms with E-state index < -0.39 is 0 Å². The molecule has 0 aliphatic carbocycles. The number of rotatable bonds is 6. The lowest BCUT2D eigenvalue weighted by Crippen LogP contribution is -2.22. The highest BCUT2D eigenvalue weighted by atomic mass is 32.2. The predicted molar refractivity (Wildman–Crippen MR) is 143 cm³/mol. The number of thiazole rings is 1. The van der Waals surface area contributed by atoms with E-state index in [1.807, 2.05) is 53.1 Å². The SMILES string of the molecule is O=c1c2sc(=S)n(Cc3ccco3)c2nc(SCc2cc(=O)n3ccccc3n2)n1-c1ccccc1. The molecule has 0 saturated carbocycles. The molecule has 178 valence electrons. The maximum atomic E-state index is 13.7. The minimum Gasteiger partial charge on any atom is -0.467 e. The monoisotopic (exact) mass is 531 g/mol. The third-order valence-electron chi connectivity index (χ3n) is 5.54. The molecule has 0 fully saturated rings. The minimum atomic E-state index is -0.200. The van der Waals surface area contributed by atoms with E-state index in [4.69, 9.17) is 21.6 Å². The molecule has 5 aromatic heterocycles. The van der Waals surface area contributed by atoms with Gasteiger partial charge in [-0.1, -0.05) is 47.4 Å². The summed E-state index contributed by atoms with van der Waals surface area (Å²) in [5.41, 5.74) is 2.01. The van der Waals surface area contributed by atoms with Crippen LogP contribution in [0.15, 0.2) is 98.4 Å². The Hall–Kier alpha value is -3.80. The van der Waals surface area contributed by atoms with Crippen LogP contribution in [-0.2, 0) is 12.3 Å². The van der Waals surface area contributed by atoms with Gasteiger partial charge in [0, 0.05) is 18.0 Å². The zero-order chi connectivity index (χ0) is 24.6. The van der Waals surface area contributed by atoms with Crippen molar-refractivity contribution in [3.63, 3.8) is 0 Å². The summed E-state index contributed by atoms with van der Waals surface area (Å²) < 4.78 is 11.4. The van der Waals surface area contributed by atoms with Gasteiger partial charge in [-0.3, -0.25) is 23.1 Å². The Labute approximate surface area is 217 Å². The summed E-state index contributed by atoms with van der Waals surface area (Å²) in [7, 11) is 0. The number of para-hydroxylation sites is 1. The van der Waals surface area contributed by atoms with Crippen molar-refractivity contribution in [2.45, 2.75) is 17.5 Å². The third kappa shape index (κ3) is 4.11. The number of fused-ring (bicyclic) bond motifs is 2. The van der Waals surface area contributed by atoms with Gasteiger partial charge in [0.25, 0.3) is 11.1 Å². The number of benzene rings is 1. The molecule has 0 atom stereocenters. The van der Waals surface area contributed by atoms with Crippen LogP contribution in [0.4, 0.5) is 0 Å². The summed E-state index contributed by atoms with van der Waals surface area (Å²) in [4.78, 5) is 35.8. The number of pyridine rings is 1. The van der Waals surface area contributed by atoms with Crippen molar-refractivity contribution in [2.75, 3.05) is 0 Å². The van der Waals surface area contributed by atoms with Gasteiger partial charge in [-0.25, -0.2) is 9.97 Å². The highest BCUT2D eigenvalue weighted by molar-refractivity contribution is 7.98. The second-order valence-corrected chi connectivity index (χ2v) is 10.4. The molecule has 0 amide bonds. The first-order chi connectivity index (χ1) is 17.6. The van der Waals surface area contributed by atoms with Crippen LogP contribution in [0.25, 0.3) is 21.7 Å². The predicted octanol–water partition coefficient (Wildman–Crippen LogP) is 4.92. The summed E-state index contributed by atoms with van der Waals surface area (Å²) in [6.45, 7) is 0.376. The van der Waals surface area contributed by atoms with E-state index in [0.29, 0.717) is 48.8 Å². The number of hydrogen-bond donors (Lipinski definition) is 0. The summed E-state index contributed by atoms with van der Waals surface area (Å²) in [5, 5.41) is 0.481. The molecule has 0 saturated heterocycles. The fraction of sp³-hybridized carbons (Fsp3) is 0.0800. The van der Waals surface area contributed by atoms with Crippen molar-refractivity contribution < 1.29 is 4.42 Å². The number of hydrogen-bond acceptors (Lipinski definition) is 8. The molecule has 36 heavy (non-hydrogen) atoms. The summed E-state index contributed by atoms with van der Waals surface area (Å²) >= 11 is 8.17. The van der Waals surface area contributed by atoms with Crippen molar-refractivity contribution >= 4 is 51.3 Å². The summed E-state index contributed by atoms with van der Waals surface area (Å²) in [6, 6.07) is 19.9. The molecule has 0 radical (unpaired) electrons. The molecule has 1 aromatic carbocycles. The van der Waals surface area contributed by atoms with Crippen LogP contribution in [0.5, 0.6) is 0 Å². The first-order valence-corrected chi connectivity index (χ1v) is 13.1. The van der Waals surface area contributed by atoms with Crippen LogP contribution in [0.2, 0.25) is 0 Å². The summed E-state index contributed by atoms with van der Waals surface area (Å²) in [5.74, 6) is 1.07. The Bertz CT molecular complexity index is 1890. The highest BCUT2D eigenvalue weighted by Crippen LogP contribution is 2.27. The van der Waals surface area contributed by atoms with E-state index in [-0.39, 0.29) is 11.1 Å².